The average Bonchev–Trinajstić information content (AvgIpc) is 3.21. The van der Waals surface area contributed by atoms with Crippen LogP contribution in [0.15, 0.2) is 22.1 Å². The minimum absolute atomic E-state index is 0.000503. The van der Waals surface area contributed by atoms with Gasteiger partial charge in [-0.2, -0.15) is 0 Å². The Kier molecular flexibility index (Phi) is 11.0. The SMILES string of the molecule is CC1(C)COC(CCCCCCC/C=C\CCCCCCCC2=NC(C)(C)CO2)=N1. The normalized spacial score (nSPS) is 19.6. The number of ether oxygens (including phenoxy) is 2. The summed E-state index contributed by atoms with van der Waals surface area (Å²) < 4.78 is 11.3. The van der Waals surface area contributed by atoms with Gasteiger partial charge >= 0.3 is 0 Å². The fraction of sp³-hybridized carbons (Fsp3) is 0.846. The van der Waals surface area contributed by atoms with E-state index in [0.717, 1.165) is 37.9 Å². The fourth-order valence-corrected chi connectivity index (χ4v) is 3.95. The van der Waals surface area contributed by atoms with Crippen molar-refractivity contribution < 1.29 is 9.47 Å². The van der Waals surface area contributed by atoms with E-state index < -0.39 is 0 Å². The second kappa shape index (κ2) is 13.2. The van der Waals surface area contributed by atoms with Crippen LogP contribution in [0.1, 0.15) is 118 Å². The number of hydrogen-bond donors (Lipinski definition) is 0. The van der Waals surface area contributed by atoms with E-state index >= 15 is 0 Å². The van der Waals surface area contributed by atoms with Gasteiger partial charge in [-0.05, 0) is 66.2 Å². The first-order chi connectivity index (χ1) is 14.4. The Morgan fingerprint density at radius 1 is 0.600 bits per heavy atom. The average molecular weight is 419 g/mol. The van der Waals surface area contributed by atoms with Gasteiger partial charge in [0.15, 0.2) is 11.8 Å². The molecule has 0 spiro atoms. The van der Waals surface area contributed by atoms with E-state index in [0.29, 0.717) is 0 Å². The van der Waals surface area contributed by atoms with Gasteiger partial charge in [-0.1, -0.05) is 50.7 Å². The largest absolute Gasteiger partial charge is 0.478 e. The van der Waals surface area contributed by atoms with E-state index in [4.69, 9.17) is 9.47 Å². The van der Waals surface area contributed by atoms with Crippen LogP contribution in [0.25, 0.3) is 0 Å². The molecule has 2 aliphatic rings. The van der Waals surface area contributed by atoms with E-state index in [1.54, 1.807) is 0 Å². The molecule has 0 bridgehead atoms. The van der Waals surface area contributed by atoms with Crippen LogP contribution < -0.4 is 0 Å². The third kappa shape index (κ3) is 11.2. The molecule has 2 rings (SSSR count). The predicted octanol–water partition coefficient (Wildman–Crippen LogP) is 7.42. The highest BCUT2D eigenvalue weighted by Crippen LogP contribution is 2.21. The molecule has 0 aliphatic carbocycles. The molecule has 4 heteroatoms. The van der Waals surface area contributed by atoms with Gasteiger partial charge in [0, 0.05) is 12.8 Å². The van der Waals surface area contributed by atoms with E-state index in [1.165, 1.54) is 77.0 Å². The van der Waals surface area contributed by atoms with Gasteiger partial charge in [-0.15, -0.1) is 0 Å². The minimum Gasteiger partial charge on any atom is -0.478 e. The summed E-state index contributed by atoms with van der Waals surface area (Å²) in [7, 11) is 0. The monoisotopic (exact) mass is 418 g/mol. The zero-order valence-corrected chi connectivity index (χ0v) is 20.2. The molecular weight excluding hydrogens is 372 g/mol. The van der Waals surface area contributed by atoms with Gasteiger partial charge in [-0.3, -0.25) is 0 Å². The number of allylic oxidation sites excluding steroid dienone is 2. The first kappa shape index (κ1) is 24.9. The molecule has 30 heavy (non-hydrogen) atoms. The van der Waals surface area contributed by atoms with Crippen molar-refractivity contribution in [3.05, 3.63) is 12.2 Å². The lowest BCUT2D eigenvalue weighted by Crippen LogP contribution is -2.17. The van der Waals surface area contributed by atoms with Gasteiger partial charge in [-0.25, -0.2) is 9.98 Å². The Hall–Kier alpha value is -1.32. The molecule has 0 aromatic carbocycles. The zero-order chi connectivity index (χ0) is 21.7. The second-order valence-electron chi connectivity index (χ2n) is 10.3. The van der Waals surface area contributed by atoms with Gasteiger partial charge in [0.2, 0.25) is 0 Å². The summed E-state index contributed by atoms with van der Waals surface area (Å²) in [6.45, 7) is 10.0. The van der Waals surface area contributed by atoms with Crippen LogP contribution in [0, 0.1) is 0 Å². The van der Waals surface area contributed by atoms with Crippen molar-refractivity contribution in [1.82, 2.24) is 0 Å². The van der Waals surface area contributed by atoms with Crippen molar-refractivity contribution in [2.24, 2.45) is 9.98 Å². The summed E-state index contributed by atoms with van der Waals surface area (Å²) in [4.78, 5) is 9.24. The predicted molar refractivity (Wildman–Crippen MR) is 129 cm³/mol. The summed E-state index contributed by atoms with van der Waals surface area (Å²) in [5.74, 6) is 1.95. The summed E-state index contributed by atoms with van der Waals surface area (Å²) in [5.41, 5.74) is -0.00101. The molecule has 0 aromatic rings. The molecule has 0 fully saturated rings. The molecule has 0 atom stereocenters. The minimum atomic E-state index is -0.000503. The van der Waals surface area contributed by atoms with Crippen LogP contribution in [0.4, 0.5) is 0 Å². The van der Waals surface area contributed by atoms with Crippen LogP contribution in [0.2, 0.25) is 0 Å². The molecule has 172 valence electrons. The molecule has 4 nitrogen and oxygen atoms in total. The Morgan fingerprint density at radius 2 is 0.967 bits per heavy atom. The lowest BCUT2D eigenvalue weighted by Gasteiger charge is -2.07. The van der Waals surface area contributed by atoms with Gasteiger partial charge < -0.3 is 9.47 Å². The van der Waals surface area contributed by atoms with Crippen LogP contribution in [0.5, 0.6) is 0 Å². The zero-order valence-electron chi connectivity index (χ0n) is 20.2. The van der Waals surface area contributed by atoms with Crippen LogP contribution in [0.3, 0.4) is 0 Å². The van der Waals surface area contributed by atoms with Gasteiger partial charge in [0.05, 0.1) is 11.1 Å². The number of unbranched alkanes of at least 4 members (excludes halogenated alkanes) is 10. The molecule has 0 unspecified atom stereocenters. The molecule has 2 aliphatic heterocycles. The van der Waals surface area contributed by atoms with Crippen molar-refractivity contribution in [2.75, 3.05) is 13.2 Å². The first-order valence-electron chi connectivity index (χ1n) is 12.4. The third-order valence-electron chi connectivity index (χ3n) is 5.73. The number of hydrogen-bond acceptors (Lipinski definition) is 4. The van der Waals surface area contributed by atoms with Crippen LogP contribution in [-0.4, -0.2) is 36.1 Å². The summed E-state index contributed by atoms with van der Waals surface area (Å²) >= 11 is 0. The maximum absolute atomic E-state index is 5.65. The van der Waals surface area contributed by atoms with Crippen molar-refractivity contribution in [2.45, 2.75) is 129 Å². The molecular formula is C26H46N2O2. The van der Waals surface area contributed by atoms with Gasteiger partial charge in [0.1, 0.15) is 13.2 Å². The van der Waals surface area contributed by atoms with Crippen LogP contribution in [-0.2, 0) is 9.47 Å². The maximum Gasteiger partial charge on any atom is 0.183 e. The highest BCUT2D eigenvalue weighted by atomic mass is 16.5. The standard InChI is InChI=1S/C26H46N2O2/c1-25(2)21-29-23(27-25)19-17-15-13-11-9-7-5-6-8-10-12-14-16-18-20-24-28-26(3,4)22-30-24/h5-6H,7-22H2,1-4H3/b6-5-. The quantitative estimate of drug-likeness (QED) is 0.193. The smallest absolute Gasteiger partial charge is 0.183 e. The fourth-order valence-electron chi connectivity index (χ4n) is 3.95. The van der Waals surface area contributed by atoms with E-state index in [2.05, 4.69) is 49.8 Å². The molecule has 0 saturated heterocycles. The molecule has 2 heterocycles. The Morgan fingerprint density at radius 3 is 1.33 bits per heavy atom. The number of rotatable bonds is 16. The molecule has 0 aromatic heterocycles. The molecule has 0 saturated carbocycles. The Bertz CT molecular complexity index is 526. The van der Waals surface area contributed by atoms with E-state index in [9.17, 15) is 0 Å². The Balaban J connectivity index is 1.30. The lowest BCUT2D eigenvalue weighted by molar-refractivity contribution is 0.273. The van der Waals surface area contributed by atoms with Crippen molar-refractivity contribution >= 4 is 11.8 Å². The van der Waals surface area contributed by atoms with Gasteiger partial charge in [0.25, 0.3) is 0 Å². The molecule has 0 amide bonds. The second-order valence-corrected chi connectivity index (χ2v) is 10.3. The third-order valence-corrected chi connectivity index (χ3v) is 5.73. The van der Waals surface area contributed by atoms with Crippen molar-refractivity contribution in [3.63, 3.8) is 0 Å². The summed E-state index contributed by atoms with van der Waals surface area (Å²) in [5, 5.41) is 0. The lowest BCUT2D eigenvalue weighted by atomic mass is 10.1. The van der Waals surface area contributed by atoms with E-state index in [1.807, 2.05) is 0 Å². The van der Waals surface area contributed by atoms with Crippen LogP contribution >= 0.6 is 0 Å². The summed E-state index contributed by atoms with van der Waals surface area (Å²) in [6.07, 6.45) is 22.3. The maximum atomic E-state index is 5.65. The first-order valence-corrected chi connectivity index (χ1v) is 12.4. The molecule has 0 radical (unpaired) electrons. The van der Waals surface area contributed by atoms with Crippen molar-refractivity contribution in [3.8, 4) is 0 Å². The highest BCUT2D eigenvalue weighted by molar-refractivity contribution is 5.78. The topological polar surface area (TPSA) is 43.2 Å². The number of nitrogens with zero attached hydrogens (tertiary/aromatic N) is 2. The van der Waals surface area contributed by atoms with E-state index in [-0.39, 0.29) is 11.1 Å². The molecule has 0 N–H and O–H groups in total. The Labute approximate surface area is 185 Å². The summed E-state index contributed by atoms with van der Waals surface area (Å²) in [6, 6.07) is 0. The van der Waals surface area contributed by atoms with Crippen molar-refractivity contribution in [1.29, 1.82) is 0 Å². The highest BCUT2D eigenvalue weighted by Gasteiger charge is 2.26. The number of aliphatic imine (C=N–C) groups is 2.